The minimum atomic E-state index is -3.70. The van der Waals surface area contributed by atoms with Crippen LogP contribution in [0, 0.1) is 5.41 Å². The molecule has 0 aliphatic carbocycles. The van der Waals surface area contributed by atoms with Crippen LogP contribution in [0.4, 0.5) is 0 Å². The fraction of sp³-hybridized carbons (Fsp3) is 0.538. The van der Waals surface area contributed by atoms with Crippen LogP contribution in [0.1, 0.15) is 19.5 Å². The third-order valence-electron chi connectivity index (χ3n) is 2.78. The summed E-state index contributed by atoms with van der Waals surface area (Å²) in [6.45, 7) is 5.05. The zero-order valence-corrected chi connectivity index (χ0v) is 14.4. The van der Waals surface area contributed by atoms with Crippen molar-refractivity contribution in [1.82, 2.24) is 14.6 Å². The SMILES string of the molecule is CN(C)CC(C)(C)CNS(=O)(=O)c1cccnc1C(N)=S. The first kappa shape index (κ1) is 18.0. The van der Waals surface area contributed by atoms with Crippen molar-refractivity contribution in [1.29, 1.82) is 0 Å². The Morgan fingerprint density at radius 2 is 2.10 bits per heavy atom. The quantitative estimate of drug-likeness (QED) is 0.711. The Bertz CT molecular complexity index is 612. The molecule has 21 heavy (non-hydrogen) atoms. The van der Waals surface area contributed by atoms with Crippen LogP contribution in [0.5, 0.6) is 0 Å². The Labute approximate surface area is 131 Å². The van der Waals surface area contributed by atoms with Crippen molar-refractivity contribution in [2.24, 2.45) is 11.1 Å². The Hall–Kier alpha value is -1.09. The highest BCUT2D eigenvalue weighted by atomic mass is 32.2. The van der Waals surface area contributed by atoms with Crippen LogP contribution in [0.3, 0.4) is 0 Å². The highest BCUT2D eigenvalue weighted by Crippen LogP contribution is 2.17. The minimum Gasteiger partial charge on any atom is -0.388 e. The lowest BCUT2D eigenvalue weighted by atomic mass is 9.93. The summed E-state index contributed by atoms with van der Waals surface area (Å²) in [5.41, 5.74) is 5.44. The fourth-order valence-electron chi connectivity index (χ4n) is 2.07. The van der Waals surface area contributed by atoms with Crippen LogP contribution < -0.4 is 10.5 Å². The van der Waals surface area contributed by atoms with Crippen LogP contribution in [0.25, 0.3) is 0 Å². The second-order valence-corrected chi connectivity index (χ2v) is 8.12. The lowest BCUT2D eigenvalue weighted by Gasteiger charge is -2.28. The smallest absolute Gasteiger partial charge is 0.242 e. The maximum Gasteiger partial charge on any atom is 0.242 e. The number of hydrogen-bond acceptors (Lipinski definition) is 5. The number of pyridine rings is 1. The van der Waals surface area contributed by atoms with Gasteiger partial charge >= 0.3 is 0 Å². The number of rotatable bonds is 7. The van der Waals surface area contributed by atoms with Gasteiger partial charge in [0.05, 0.1) is 0 Å². The molecule has 6 nitrogen and oxygen atoms in total. The Morgan fingerprint density at radius 3 is 2.62 bits per heavy atom. The maximum absolute atomic E-state index is 12.4. The van der Waals surface area contributed by atoms with Gasteiger partial charge in [-0.2, -0.15) is 0 Å². The molecule has 0 saturated heterocycles. The van der Waals surface area contributed by atoms with E-state index in [0.29, 0.717) is 6.54 Å². The van der Waals surface area contributed by atoms with Crippen molar-refractivity contribution >= 4 is 27.2 Å². The molecule has 0 aromatic carbocycles. The van der Waals surface area contributed by atoms with Crippen LogP contribution in [0.2, 0.25) is 0 Å². The summed E-state index contributed by atoms with van der Waals surface area (Å²) in [5.74, 6) is 0. The van der Waals surface area contributed by atoms with Crippen LogP contribution in [-0.2, 0) is 10.0 Å². The molecule has 118 valence electrons. The average Bonchev–Trinajstić information content (AvgIpc) is 2.35. The molecule has 0 unspecified atom stereocenters. The number of nitrogens with zero attached hydrogens (tertiary/aromatic N) is 2. The van der Waals surface area contributed by atoms with E-state index in [0.717, 1.165) is 6.54 Å². The van der Waals surface area contributed by atoms with Crippen molar-refractivity contribution in [3.63, 3.8) is 0 Å². The predicted octanol–water partition coefficient (Wildman–Crippen LogP) is 0.582. The van der Waals surface area contributed by atoms with Crippen LogP contribution in [0.15, 0.2) is 23.2 Å². The third kappa shape index (κ3) is 5.31. The second-order valence-electron chi connectivity index (χ2n) is 5.94. The number of hydrogen-bond donors (Lipinski definition) is 2. The Kier molecular flexibility index (Phi) is 5.80. The standard InChI is InChI=1S/C13H22N4O2S2/c1-13(2,9-17(3)4)8-16-21(18,19)10-6-5-7-15-11(10)12(14)20/h5-7,16H,8-9H2,1-4H3,(H2,14,20). The van der Waals surface area contributed by atoms with Gasteiger partial charge in [0.2, 0.25) is 10.0 Å². The molecule has 1 aromatic heterocycles. The van der Waals surface area contributed by atoms with Gasteiger partial charge in [-0.05, 0) is 31.6 Å². The summed E-state index contributed by atoms with van der Waals surface area (Å²) < 4.78 is 27.4. The molecule has 0 amide bonds. The molecule has 3 N–H and O–H groups in total. The second kappa shape index (κ2) is 6.78. The van der Waals surface area contributed by atoms with Gasteiger partial charge in [-0.3, -0.25) is 4.98 Å². The highest BCUT2D eigenvalue weighted by molar-refractivity contribution is 7.89. The van der Waals surface area contributed by atoms with Crippen molar-refractivity contribution in [2.45, 2.75) is 18.7 Å². The molecule has 0 aliphatic heterocycles. The van der Waals surface area contributed by atoms with Gasteiger partial charge in [-0.1, -0.05) is 26.1 Å². The Balaban J connectivity index is 2.96. The number of thiocarbonyl (C=S) groups is 1. The first-order chi connectivity index (χ1) is 9.55. The highest BCUT2D eigenvalue weighted by Gasteiger charge is 2.25. The van der Waals surface area contributed by atoms with E-state index >= 15 is 0 Å². The van der Waals surface area contributed by atoms with E-state index in [-0.39, 0.29) is 21.0 Å². The van der Waals surface area contributed by atoms with Gasteiger partial charge in [0.15, 0.2) is 0 Å². The molecular weight excluding hydrogens is 308 g/mol. The van der Waals surface area contributed by atoms with Gasteiger partial charge in [0, 0.05) is 19.3 Å². The maximum atomic E-state index is 12.4. The lowest BCUT2D eigenvalue weighted by molar-refractivity contribution is 0.242. The zero-order valence-electron chi connectivity index (χ0n) is 12.8. The summed E-state index contributed by atoms with van der Waals surface area (Å²) >= 11 is 4.85. The van der Waals surface area contributed by atoms with Crippen molar-refractivity contribution in [3.05, 3.63) is 24.0 Å². The fourth-order valence-corrected chi connectivity index (χ4v) is 3.71. The van der Waals surface area contributed by atoms with Crippen LogP contribution >= 0.6 is 12.2 Å². The number of nitrogens with one attached hydrogen (secondary N) is 1. The molecule has 0 bridgehead atoms. The first-order valence-electron chi connectivity index (χ1n) is 6.44. The summed E-state index contributed by atoms with van der Waals surface area (Å²) in [7, 11) is 0.190. The van der Waals surface area contributed by atoms with Gasteiger partial charge in [-0.15, -0.1) is 0 Å². The minimum absolute atomic E-state index is 0.0122. The average molecular weight is 330 g/mol. The molecule has 0 fully saturated rings. The zero-order chi connectivity index (χ0) is 16.3. The molecule has 0 aliphatic rings. The van der Waals surface area contributed by atoms with E-state index in [2.05, 4.69) is 9.71 Å². The summed E-state index contributed by atoms with van der Waals surface area (Å²) in [5, 5.41) is 0. The van der Waals surface area contributed by atoms with E-state index in [1.54, 1.807) is 6.07 Å². The third-order valence-corrected chi connectivity index (χ3v) is 4.40. The predicted molar refractivity (Wildman–Crippen MR) is 87.6 cm³/mol. The molecule has 1 aromatic rings. The molecular formula is C13H22N4O2S2. The summed E-state index contributed by atoms with van der Waals surface area (Å²) in [6.07, 6.45) is 1.46. The van der Waals surface area contributed by atoms with E-state index in [9.17, 15) is 8.42 Å². The molecule has 0 radical (unpaired) electrons. The van der Waals surface area contributed by atoms with Gasteiger partial charge in [0.1, 0.15) is 15.6 Å². The van der Waals surface area contributed by atoms with Crippen molar-refractivity contribution in [3.8, 4) is 0 Å². The number of sulfonamides is 1. The van der Waals surface area contributed by atoms with E-state index in [1.807, 2.05) is 32.8 Å². The summed E-state index contributed by atoms with van der Waals surface area (Å²) in [6, 6.07) is 2.99. The van der Waals surface area contributed by atoms with Crippen LogP contribution in [-0.4, -0.2) is 50.5 Å². The number of aromatic nitrogens is 1. The molecule has 0 atom stereocenters. The topological polar surface area (TPSA) is 88.3 Å². The van der Waals surface area contributed by atoms with Gasteiger partial charge < -0.3 is 10.6 Å². The molecule has 8 heteroatoms. The number of nitrogens with two attached hydrogens (primary N) is 1. The monoisotopic (exact) mass is 330 g/mol. The molecule has 1 rings (SSSR count). The van der Waals surface area contributed by atoms with E-state index in [1.165, 1.54) is 12.3 Å². The lowest BCUT2D eigenvalue weighted by Crippen LogP contribution is -2.40. The van der Waals surface area contributed by atoms with Crippen molar-refractivity contribution in [2.75, 3.05) is 27.2 Å². The van der Waals surface area contributed by atoms with Gasteiger partial charge in [-0.25, -0.2) is 13.1 Å². The van der Waals surface area contributed by atoms with Gasteiger partial charge in [0.25, 0.3) is 0 Å². The Morgan fingerprint density at radius 1 is 1.48 bits per heavy atom. The molecule has 0 spiro atoms. The van der Waals surface area contributed by atoms with E-state index < -0.39 is 10.0 Å². The molecule has 1 heterocycles. The first-order valence-corrected chi connectivity index (χ1v) is 8.33. The van der Waals surface area contributed by atoms with Crippen molar-refractivity contribution < 1.29 is 8.42 Å². The van der Waals surface area contributed by atoms with E-state index in [4.69, 9.17) is 18.0 Å². The molecule has 0 saturated carbocycles. The largest absolute Gasteiger partial charge is 0.388 e. The summed E-state index contributed by atoms with van der Waals surface area (Å²) in [4.78, 5) is 5.93. The normalized spacial score (nSPS) is 12.6.